The molecule has 170 valence electrons. The number of ether oxygens (including phenoxy) is 1. The molecule has 0 saturated heterocycles. The predicted molar refractivity (Wildman–Crippen MR) is 113 cm³/mol. The van der Waals surface area contributed by atoms with E-state index in [9.17, 15) is 17.2 Å². The summed E-state index contributed by atoms with van der Waals surface area (Å²) in [7, 11) is -4.55. The molecule has 0 spiro atoms. The van der Waals surface area contributed by atoms with Gasteiger partial charge in [0.15, 0.2) is 4.90 Å². The van der Waals surface area contributed by atoms with Crippen molar-refractivity contribution in [2.75, 3.05) is 4.72 Å². The minimum absolute atomic E-state index is 0.0149. The zero-order chi connectivity index (χ0) is 22.9. The fraction of sp³-hybridized carbons (Fsp3) is 0.381. The molecule has 0 amide bonds. The van der Waals surface area contributed by atoms with Crippen molar-refractivity contribution in [3.8, 4) is 5.75 Å². The molecule has 1 saturated carbocycles. The molecule has 1 aromatic carbocycles. The van der Waals surface area contributed by atoms with Gasteiger partial charge in [0.25, 0.3) is 10.0 Å². The first-order chi connectivity index (χ1) is 15.2. The predicted octanol–water partition coefficient (Wildman–Crippen LogP) is 3.88. The molecule has 32 heavy (non-hydrogen) atoms. The number of halogens is 2. The number of anilines is 1. The number of aromatic nitrogens is 4. The van der Waals surface area contributed by atoms with E-state index >= 15 is 0 Å². The minimum Gasteiger partial charge on any atom is -0.487 e. The second-order valence-electron chi connectivity index (χ2n) is 7.85. The molecule has 2 heterocycles. The Bertz CT molecular complexity index is 1200. The molecule has 1 fully saturated rings. The van der Waals surface area contributed by atoms with E-state index in [0.29, 0.717) is 13.0 Å². The Balaban J connectivity index is 1.62. The first-order valence-corrected chi connectivity index (χ1v) is 11.7. The van der Waals surface area contributed by atoms with Crippen LogP contribution in [0.4, 0.5) is 14.6 Å². The van der Waals surface area contributed by atoms with Crippen LogP contribution in [0.2, 0.25) is 0 Å². The summed E-state index contributed by atoms with van der Waals surface area (Å²) < 4.78 is 64.7. The van der Waals surface area contributed by atoms with Crippen LogP contribution >= 0.6 is 0 Å². The number of aryl methyl sites for hydroxylation is 1. The molecule has 1 N–H and O–H groups in total. The van der Waals surface area contributed by atoms with Gasteiger partial charge < -0.3 is 4.74 Å². The highest BCUT2D eigenvalue weighted by molar-refractivity contribution is 7.92. The molecule has 8 nitrogen and oxygen atoms in total. The van der Waals surface area contributed by atoms with Crippen molar-refractivity contribution in [3.05, 3.63) is 60.3 Å². The normalized spacial score (nSPS) is 20.9. The summed E-state index contributed by atoms with van der Waals surface area (Å²) in [5.74, 6) is -2.69. The lowest BCUT2D eigenvalue weighted by Gasteiger charge is -2.33. The van der Waals surface area contributed by atoms with Crippen molar-refractivity contribution in [1.82, 2.24) is 19.7 Å². The maximum absolute atomic E-state index is 14.8. The van der Waals surface area contributed by atoms with Crippen molar-refractivity contribution in [2.24, 2.45) is 0 Å². The van der Waals surface area contributed by atoms with Gasteiger partial charge in [-0.05, 0) is 45.2 Å². The molecular formula is C21H23F2N5O3S. The summed E-state index contributed by atoms with van der Waals surface area (Å²) in [5, 5.41) is 4.31. The number of nitrogens with zero attached hydrogens (tertiary/aromatic N) is 4. The number of rotatable bonds is 7. The Hall–Kier alpha value is -3.08. The van der Waals surface area contributed by atoms with Crippen LogP contribution < -0.4 is 9.46 Å². The third-order valence-electron chi connectivity index (χ3n) is 5.72. The van der Waals surface area contributed by atoms with Gasteiger partial charge in [0, 0.05) is 42.7 Å². The van der Waals surface area contributed by atoms with Gasteiger partial charge in [0.05, 0.1) is 0 Å². The Kier molecular flexibility index (Phi) is 5.85. The highest BCUT2D eigenvalue weighted by Crippen LogP contribution is 2.45. The van der Waals surface area contributed by atoms with E-state index in [1.807, 2.05) is 29.3 Å². The molecule has 2 atom stereocenters. The van der Waals surface area contributed by atoms with Gasteiger partial charge in [0.2, 0.25) is 0 Å². The van der Waals surface area contributed by atoms with Crippen molar-refractivity contribution >= 4 is 15.8 Å². The van der Waals surface area contributed by atoms with Crippen LogP contribution in [0.5, 0.6) is 5.75 Å². The van der Waals surface area contributed by atoms with Crippen LogP contribution in [0.3, 0.4) is 0 Å². The average Bonchev–Trinajstić information content (AvgIpc) is 3.33. The lowest BCUT2D eigenvalue weighted by atomic mass is 9.89. The van der Waals surface area contributed by atoms with Crippen LogP contribution in [-0.4, -0.2) is 33.8 Å². The molecule has 4 rings (SSSR count). The monoisotopic (exact) mass is 463 g/mol. The molecule has 0 radical (unpaired) electrons. The largest absolute Gasteiger partial charge is 0.487 e. The standard InChI is InChI=1S/C21H23F2N5O3S/c1-3-28-18(6-10-26-28)15-5-4-8-21(15,2)31-14-11-16(22)20(17(23)12-14)32(29,30)27-19-7-9-24-13-25-19/h6-7,9-13,15H,3-5,8H2,1-2H3,(H,24,25,27)/t15-,21-/m1/s1. The summed E-state index contributed by atoms with van der Waals surface area (Å²) in [6.45, 7) is 4.59. The van der Waals surface area contributed by atoms with E-state index in [1.54, 1.807) is 6.20 Å². The Morgan fingerprint density at radius 3 is 2.66 bits per heavy atom. The summed E-state index contributed by atoms with van der Waals surface area (Å²) in [4.78, 5) is 6.29. The topological polar surface area (TPSA) is 99.0 Å². The fourth-order valence-electron chi connectivity index (χ4n) is 4.28. The van der Waals surface area contributed by atoms with Crippen LogP contribution in [0.15, 0.2) is 47.9 Å². The molecule has 1 aliphatic carbocycles. The number of hydrogen-bond donors (Lipinski definition) is 1. The second kappa shape index (κ2) is 8.45. The Labute approximate surface area is 184 Å². The van der Waals surface area contributed by atoms with Gasteiger partial charge in [0.1, 0.15) is 35.1 Å². The third-order valence-corrected chi connectivity index (χ3v) is 7.13. The summed E-state index contributed by atoms with van der Waals surface area (Å²) >= 11 is 0. The van der Waals surface area contributed by atoms with Gasteiger partial charge in [-0.25, -0.2) is 27.2 Å². The van der Waals surface area contributed by atoms with Gasteiger partial charge in [-0.2, -0.15) is 5.10 Å². The minimum atomic E-state index is -4.55. The maximum Gasteiger partial charge on any atom is 0.268 e. The number of benzene rings is 1. The van der Waals surface area contributed by atoms with Crippen LogP contribution in [0.1, 0.15) is 44.7 Å². The highest BCUT2D eigenvalue weighted by atomic mass is 32.2. The van der Waals surface area contributed by atoms with Gasteiger partial charge >= 0.3 is 0 Å². The SMILES string of the molecule is CCn1nccc1[C@H]1CCC[C@@]1(C)Oc1cc(F)c(S(=O)(=O)Nc2ccncn2)c(F)c1. The van der Waals surface area contributed by atoms with Crippen molar-refractivity contribution in [3.63, 3.8) is 0 Å². The van der Waals surface area contributed by atoms with E-state index in [1.165, 1.54) is 12.3 Å². The van der Waals surface area contributed by atoms with Crippen LogP contribution in [-0.2, 0) is 16.6 Å². The Morgan fingerprint density at radius 2 is 2.00 bits per heavy atom. The van der Waals surface area contributed by atoms with Crippen molar-refractivity contribution in [1.29, 1.82) is 0 Å². The van der Waals surface area contributed by atoms with Gasteiger partial charge in [-0.15, -0.1) is 0 Å². The zero-order valence-electron chi connectivity index (χ0n) is 17.6. The molecule has 2 aromatic heterocycles. The molecule has 3 aromatic rings. The lowest BCUT2D eigenvalue weighted by molar-refractivity contribution is 0.0740. The highest BCUT2D eigenvalue weighted by Gasteiger charge is 2.43. The molecule has 0 unspecified atom stereocenters. The zero-order valence-corrected chi connectivity index (χ0v) is 18.4. The first kappa shape index (κ1) is 22.1. The smallest absolute Gasteiger partial charge is 0.268 e. The third kappa shape index (κ3) is 4.16. The van der Waals surface area contributed by atoms with Crippen molar-refractivity contribution < 1.29 is 21.9 Å². The van der Waals surface area contributed by atoms with E-state index in [2.05, 4.69) is 15.1 Å². The molecule has 11 heteroatoms. The van der Waals surface area contributed by atoms with E-state index in [-0.39, 0.29) is 17.5 Å². The maximum atomic E-state index is 14.8. The molecule has 1 aliphatic rings. The van der Waals surface area contributed by atoms with Crippen LogP contribution in [0.25, 0.3) is 0 Å². The molecular weight excluding hydrogens is 440 g/mol. The number of hydrogen-bond acceptors (Lipinski definition) is 6. The van der Waals surface area contributed by atoms with E-state index in [0.717, 1.165) is 37.0 Å². The van der Waals surface area contributed by atoms with Crippen LogP contribution in [0, 0.1) is 11.6 Å². The lowest BCUT2D eigenvalue weighted by Crippen LogP contribution is -2.36. The number of nitrogens with one attached hydrogen (secondary N) is 1. The number of sulfonamides is 1. The fourth-order valence-corrected chi connectivity index (χ4v) is 5.41. The summed E-state index contributed by atoms with van der Waals surface area (Å²) in [5.41, 5.74) is 0.285. The molecule has 0 aliphatic heterocycles. The summed E-state index contributed by atoms with van der Waals surface area (Å²) in [6, 6.07) is 4.99. The quantitative estimate of drug-likeness (QED) is 0.571. The van der Waals surface area contributed by atoms with E-state index in [4.69, 9.17) is 4.74 Å². The van der Waals surface area contributed by atoms with Gasteiger partial charge in [-0.3, -0.25) is 9.40 Å². The second-order valence-corrected chi connectivity index (χ2v) is 9.47. The molecule has 0 bridgehead atoms. The summed E-state index contributed by atoms with van der Waals surface area (Å²) in [6.07, 6.45) is 6.56. The average molecular weight is 464 g/mol. The van der Waals surface area contributed by atoms with Crippen molar-refractivity contribution in [2.45, 2.75) is 56.1 Å². The van der Waals surface area contributed by atoms with Gasteiger partial charge in [-0.1, -0.05) is 0 Å². The van der Waals surface area contributed by atoms with E-state index < -0.39 is 32.2 Å². The first-order valence-electron chi connectivity index (χ1n) is 10.2. The Morgan fingerprint density at radius 1 is 1.25 bits per heavy atom.